The summed E-state index contributed by atoms with van der Waals surface area (Å²) in [5.41, 5.74) is 7.49. The average molecular weight is 298 g/mol. The first-order chi connectivity index (χ1) is 8.16. The molecule has 102 valence electrons. The van der Waals surface area contributed by atoms with Crippen LogP contribution in [0.2, 0.25) is 0 Å². The van der Waals surface area contributed by atoms with Crippen LogP contribution in [0.15, 0.2) is 42.5 Å². The van der Waals surface area contributed by atoms with Crippen molar-refractivity contribution < 1.29 is 29.6 Å². The summed E-state index contributed by atoms with van der Waals surface area (Å²) in [4.78, 5) is 16.1. The largest absolute Gasteiger partial charge is 1.00 e. The van der Waals surface area contributed by atoms with Crippen LogP contribution in [0.3, 0.4) is 0 Å². The molecule has 0 spiro atoms. The van der Waals surface area contributed by atoms with Gasteiger partial charge in [-0.05, 0) is 31.2 Å². The molecule has 6 heteroatoms. The van der Waals surface area contributed by atoms with Crippen molar-refractivity contribution in [1.29, 1.82) is 0 Å². The molecule has 1 amide bonds. The molecule has 0 aliphatic heterocycles. The van der Waals surface area contributed by atoms with Gasteiger partial charge in [-0.25, -0.2) is 4.98 Å². The molecule has 0 aliphatic carbocycles. The molecule has 0 radical (unpaired) electrons. The number of halogens is 2. The maximum Gasteiger partial charge on any atom is 0.258 e. The number of amides is 1. The predicted octanol–water partition coefficient (Wildman–Crippen LogP) is -3.77. The fraction of sp³-hybridized carbons (Fsp3) is 0.0769. The molecule has 0 bridgehead atoms. The summed E-state index contributed by atoms with van der Waals surface area (Å²) >= 11 is 0. The van der Waals surface area contributed by atoms with E-state index >= 15 is 0 Å². The number of pyridine rings is 1. The molecule has 19 heavy (non-hydrogen) atoms. The molecule has 0 saturated heterocycles. The number of nitrogen functional groups attached to an aromatic ring is 1. The van der Waals surface area contributed by atoms with Crippen LogP contribution < -0.4 is 35.9 Å². The van der Waals surface area contributed by atoms with Gasteiger partial charge in [0.05, 0.1) is 5.56 Å². The fourth-order valence-electron chi connectivity index (χ4n) is 1.50. The van der Waals surface area contributed by atoms with E-state index in [1.165, 1.54) is 0 Å². The molecular formula is C13H13Cl2N3O-2. The standard InChI is InChI=1S/C13H13N3O.2ClH/c1-9-5-4-8-12(15-9)16-13(17)10-6-2-3-7-11(10)14;;/h2-8H,14H2,1H3,(H,15,16,17);2*1H/p-2. The van der Waals surface area contributed by atoms with Crippen molar-refractivity contribution >= 4 is 17.4 Å². The normalized spacial score (nSPS) is 8.89. The Balaban J connectivity index is 0.00000162. The summed E-state index contributed by atoms with van der Waals surface area (Å²) in [5.74, 6) is 0.277. The van der Waals surface area contributed by atoms with Crippen LogP contribution in [0.25, 0.3) is 0 Å². The third-order valence-corrected chi connectivity index (χ3v) is 2.34. The molecule has 1 aromatic heterocycles. The SMILES string of the molecule is Cc1cccc(NC(=O)c2ccccc2N)n1.[Cl-].[Cl-]. The van der Waals surface area contributed by atoms with Crippen molar-refractivity contribution in [3.63, 3.8) is 0 Å². The lowest BCUT2D eigenvalue weighted by molar-refractivity contribution is -0.001000. The van der Waals surface area contributed by atoms with E-state index in [0.717, 1.165) is 5.69 Å². The molecule has 0 atom stereocenters. The number of anilines is 2. The Morgan fingerprint density at radius 2 is 1.79 bits per heavy atom. The summed E-state index contributed by atoms with van der Waals surface area (Å²) < 4.78 is 0. The number of carbonyl (C=O) groups is 1. The highest BCUT2D eigenvalue weighted by Crippen LogP contribution is 2.13. The zero-order valence-corrected chi connectivity index (χ0v) is 11.7. The number of nitrogens with two attached hydrogens (primary N) is 1. The van der Waals surface area contributed by atoms with Gasteiger partial charge >= 0.3 is 0 Å². The Morgan fingerprint density at radius 3 is 2.42 bits per heavy atom. The Labute approximate surface area is 124 Å². The number of rotatable bonds is 2. The van der Waals surface area contributed by atoms with Crippen molar-refractivity contribution in [2.24, 2.45) is 0 Å². The summed E-state index contributed by atoms with van der Waals surface area (Å²) in [7, 11) is 0. The zero-order chi connectivity index (χ0) is 12.3. The minimum atomic E-state index is -0.249. The summed E-state index contributed by atoms with van der Waals surface area (Å²) in [5, 5.41) is 2.71. The molecule has 2 aromatic rings. The summed E-state index contributed by atoms with van der Waals surface area (Å²) in [6.45, 7) is 1.87. The van der Waals surface area contributed by atoms with E-state index in [0.29, 0.717) is 17.1 Å². The predicted molar refractivity (Wildman–Crippen MR) is 67.8 cm³/mol. The van der Waals surface area contributed by atoms with Crippen molar-refractivity contribution in [2.45, 2.75) is 6.92 Å². The number of hydrogen-bond donors (Lipinski definition) is 2. The maximum atomic E-state index is 11.9. The molecule has 4 nitrogen and oxygen atoms in total. The number of hydrogen-bond acceptors (Lipinski definition) is 3. The van der Waals surface area contributed by atoms with Gasteiger partial charge in [0.15, 0.2) is 0 Å². The van der Waals surface area contributed by atoms with Gasteiger partial charge in [0.1, 0.15) is 5.82 Å². The highest BCUT2D eigenvalue weighted by Gasteiger charge is 2.09. The van der Waals surface area contributed by atoms with Crippen LogP contribution in [0, 0.1) is 6.92 Å². The molecule has 0 saturated carbocycles. The second-order valence-electron chi connectivity index (χ2n) is 3.71. The van der Waals surface area contributed by atoms with E-state index < -0.39 is 0 Å². The molecule has 0 fully saturated rings. The van der Waals surface area contributed by atoms with Crippen molar-refractivity contribution in [2.75, 3.05) is 11.1 Å². The molecule has 1 aromatic carbocycles. The van der Waals surface area contributed by atoms with E-state index in [-0.39, 0.29) is 30.7 Å². The third kappa shape index (κ3) is 4.43. The first-order valence-electron chi connectivity index (χ1n) is 5.26. The Morgan fingerprint density at radius 1 is 1.11 bits per heavy atom. The van der Waals surface area contributed by atoms with Crippen LogP contribution in [0.5, 0.6) is 0 Å². The topological polar surface area (TPSA) is 68.0 Å². The summed E-state index contributed by atoms with van der Waals surface area (Å²) in [6, 6.07) is 12.4. The van der Waals surface area contributed by atoms with Gasteiger partial charge in [0.25, 0.3) is 5.91 Å². The van der Waals surface area contributed by atoms with Gasteiger partial charge in [-0.1, -0.05) is 18.2 Å². The maximum absolute atomic E-state index is 11.9. The molecule has 0 aliphatic rings. The van der Waals surface area contributed by atoms with Crippen LogP contribution in [0.1, 0.15) is 16.1 Å². The minimum Gasteiger partial charge on any atom is -1.00 e. The highest BCUT2D eigenvalue weighted by molar-refractivity contribution is 6.07. The first-order valence-corrected chi connectivity index (χ1v) is 5.26. The van der Waals surface area contributed by atoms with E-state index in [1.54, 1.807) is 30.3 Å². The van der Waals surface area contributed by atoms with E-state index in [1.807, 2.05) is 19.1 Å². The van der Waals surface area contributed by atoms with Gasteiger partial charge in [-0.15, -0.1) is 0 Å². The number of aryl methyl sites for hydroxylation is 1. The average Bonchev–Trinajstić information content (AvgIpc) is 2.29. The Bertz CT molecular complexity index is 561. The number of benzene rings is 1. The van der Waals surface area contributed by atoms with Crippen LogP contribution >= 0.6 is 0 Å². The van der Waals surface area contributed by atoms with Crippen LogP contribution in [-0.4, -0.2) is 10.9 Å². The molecular weight excluding hydrogens is 285 g/mol. The Kier molecular flexibility index (Phi) is 6.90. The number of carbonyl (C=O) groups excluding carboxylic acids is 1. The van der Waals surface area contributed by atoms with Crippen molar-refractivity contribution in [3.05, 3.63) is 53.7 Å². The monoisotopic (exact) mass is 297 g/mol. The first kappa shape index (κ1) is 17.2. The molecule has 0 unspecified atom stereocenters. The lowest BCUT2D eigenvalue weighted by atomic mass is 10.1. The fourth-order valence-corrected chi connectivity index (χ4v) is 1.50. The lowest BCUT2D eigenvalue weighted by Gasteiger charge is -2.06. The van der Waals surface area contributed by atoms with Gasteiger partial charge in [-0.3, -0.25) is 4.79 Å². The smallest absolute Gasteiger partial charge is 0.258 e. The minimum absolute atomic E-state index is 0. The van der Waals surface area contributed by atoms with Crippen LogP contribution in [-0.2, 0) is 0 Å². The van der Waals surface area contributed by atoms with E-state index in [4.69, 9.17) is 5.73 Å². The number of nitrogens with one attached hydrogen (secondary N) is 1. The Hall–Kier alpha value is -1.78. The highest BCUT2D eigenvalue weighted by atomic mass is 35.5. The van der Waals surface area contributed by atoms with E-state index in [2.05, 4.69) is 10.3 Å². The van der Waals surface area contributed by atoms with Gasteiger partial charge in [-0.2, -0.15) is 0 Å². The van der Waals surface area contributed by atoms with Crippen LogP contribution in [0.4, 0.5) is 11.5 Å². The quantitative estimate of drug-likeness (QED) is 0.560. The second-order valence-corrected chi connectivity index (χ2v) is 3.71. The zero-order valence-electron chi connectivity index (χ0n) is 10.2. The van der Waals surface area contributed by atoms with Gasteiger partial charge in [0, 0.05) is 11.4 Å². The van der Waals surface area contributed by atoms with Gasteiger partial charge < -0.3 is 35.9 Å². The van der Waals surface area contributed by atoms with Crippen molar-refractivity contribution in [1.82, 2.24) is 4.98 Å². The third-order valence-electron chi connectivity index (χ3n) is 2.34. The van der Waals surface area contributed by atoms with E-state index in [9.17, 15) is 4.79 Å². The number of aromatic nitrogens is 1. The molecule has 2 rings (SSSR count). The van der Waals surface area contributed by atoms with Gasteiger partial charge in [0.2, 0.25) is 0 Å². The van der Waals surface area contributed by atoms with Crippen molar-refractivity contribution in [3.8, 4) is 0 Å². The lowest BCUT2D eigenvalue weighted by Crippen LogP contribution is -3.00. The number of nitrogens with zero attached hydrogens (tertiary/aromatic N) is 1. The summed E-state index contributed by atoms with van der Waals surface area (Å²) in [6.07, 6.45) is 0. The number of para-hydroxylation sites is 1. The molecule has 1 heterocycles. The molecule has 3 N–H and O–H groups in total. The second kappa shape index (κ2) is 7.61.